The summed E-state index contributed by atoms with van der Waals surface area (Å²) in [5.74, 6) is -0.686. The average Bonchev–Trinajstić information content (AvgIpc) is 3.47. The van der Waals surface area contributed by atoms with E-state index in [9.17, 15) is 14.9 Å². The van der Waals surface area contributed by atoms with Crippen LogP contribution in [0.2, 0.25) is 0 Å². The number of carbonyl (C=O) groups is 1. The Balaban J connectivity index is 1.62. The van der Waals surface area contributed by atoms with Crippen LogP contribution in [0.25, 0.3) is 28.1 Å². The van der Waals surface area contributed by atoms with Gasteiger partial charge in [-0.15, -0.1) is 5.10 Å². The topological polar surface area (TPSA) is 139 Å². The van der Waals surface area contributed by atoms with Crippen LogP contribution in [0.4, 0.5) is 10.2 Å². The predicted molar refractivity (Wildman–Crippen MR) is 157 cm³/mol. The molecule has 4 aromatic heterocycles. The monoisotopic (exact) mass is 582 g/mol. The summed E-state index contributed by atoms with van der Waals surface area (Å²) in [6.45, 7) is 9.03. The van der Waals surface area contributed by atoms with E-state index in [2.05, 4.69) is 32.9 Å². The van der Waals surface area contributed by atoms with E-state index < -0.39 is 17.5 Å². The van der Waals surface area contributed by atoms with Crippen molar-refractivity contribution >= 4 is 22.8 Å². The lowest BCUT2D eigenvalue weighted by molar-refractivity contribution is -0.128. The lowest BCUT2D eigenvalue weighted by Gasteiger charge is -2.41. The van der Waals surface area contributed by atoms with Crippen molar-refractivity contribution < 1.29 is 9.18 Å². The molecule has 12 nitrogen and oxygen atoms in total. The minimum atomic E-state index is -0.632. The van der Waals surface area contributed by atoms with Gasteiger partial charge in [0.1, 0.15) is 17.2 Å². The van der Waals surface area contributed by atoms with E-state index in [4.69, 9.17) is 4.98 Å². The second-order valence-corrected chi connectivity index (χ2v) is 11.1. The van der Waals surface area contributed by atoms with E-state index in [-0.39, 0.29) is 54.2 Å². The number of amides is 1. The first-order valence-electron chi connectivity index (χ1n) is 14.4. The molecule has 4 aromatic rings. The van der Waals surface area contributed by atoms with E-state index >= 15 is 4.39 Å². The Morgan fingerprint density at radius 1 is 1.26 bits per heavy atom. The number of pyridine rings is 2. The molecule has 0 spiro atoms. The molecule has 1 amide bonds. The van der Waals surface area contributed by atoms with Crippen LogP contribution in [0.15, 0.2) is 42.0 Å². The molecule has 220 valence electrons. The van der Waals surface area contributed by atoms with Gasteiger partial charge in [-0.3, -0.25) is 14.5 Å². The highest BCUT2D eigenvalue weighted by atomic mass is 19.1. The fraction of sp³-hybridized carbons (Fsp3) is 0.400. The standard InChI is InChI=1S/C30H31FN10O2/c1-4-24(42)40-14-13-38(16-20(40)8-10-32)28-21-15-22(31)26-23-17-39(37-36-23)12-6-5-7-19-9-11-33-25(18(2)3)27(19)41(29(21)34-26)30(43)35-28/h4,9,11,15,17-18,20H,1,5-8,12-14,16H2,2-3H3. The Hall–Kier alpha value is -4.99. The van der Waals surface area contributed by atoms with E-state index in [0.29, 0.717) is 36.3 Å². The maximum absolute atomic E-state index is 15.9. The Labute approximate surface area is 247 Å². The van der Waals surface area contributed by atoms with Crippen molar-refractivity contribution in [2.24, 2.45) is 0 Å². The van der Waals surface area contributed by atoms with Gasteiger partial charge in [-0.25, -0.2) is 18.7 Å². The number of nitriles is 1. The van der Waals surface area contributed by atoms with E-state index in [1.165, 1.54) is 16.7 Å². The molecule has 43 heavy (non-hydrogen) atoms. The van der Waals surface area contributed by atoms with Crippen LogP contribution in [0.5, 0.6) is 0 Å². The highest BCUT2D eigenvalue weighted by Crippen LogP contribution is 2.33. The van der Waals surface area contributed by atoms with Crippen molar-refractivity contribution in [1.82, 2.24) is 39.4 Å². The van der Waals surface area contributed by atoms with Gasteiger partial charge < -0.3 is 9.80 Å². The SMILES string of the molecule is C=CC(=O)N1CCN(c2nc(=O)n3c4nc(c(F)cc24)-c2cn(nn2)CCCCc2ccnc(C(C)C)c2-3)CC1CC#N. The molecule has 0 aromatic carbocycles. The van der Waals surface area contributed by atoms with Crippen LogP contribution in [0.3, 0.4) is 0 Å². The van der Waals surface area contributed by atoms with Gasteiger partial charge >= 0.3 is 5.69 Å². The molecule has 1 atom stereocenters. The number of hydrogen-bond donors (Lipinski definition) is 0. The van der Waals surface area contributed by atoms with Gasteiger partial charge in [0.25, 0.3) is 0 Å². The summed E-state index contributed by atoms with van der Waals surface area (Å²) in [5, 5.41) is 18.1. The highest BCUT2D eigenvalue weighted by molar-refractivity contribution is 5.91. The summed E-state index contributed by atoms with van der Waals surface area (Å²) in [6.07, 6.45) is 7.02. The lowest BCUT2D eigenvalue weighted by atomic mass is 10.00. The number of rotatable bonds is 4. The summed E-state index contributed by atoms with van der Waals surface area (Å²) in [4.78, 5) is 43.9. The van der Waals surface area contributed by atoms with E-state index in [1.807, 2.05) is 24.8 Å². The zero-order valence-electron chi connectivity index (χ0n) is 24.1. The molecular formula is C30H31FN10O2. The van der Waals surface area contributed by atoms with Crippen LogP contribution < -0.4 is 10.6 Å². The molecule has 2 aliphatic rings. The normalized spacial score (nSPS) is 16.8. The Kier molecular flexibility index (Phi) is 7.43. The fourth-order valence-corrected chi connectivity index (χ4v) is 5.96. The van der Waals surface area contributed by atoms with Crippen LogP contribution in [0, 0.1) is 17.1 Å². The van der Waals surface area contributed by atoms with Gasteiger partial charge in [-0.1, -0.05) is 25.6 Å². The van der Waals surface area contributed by atoms with Crippen molar-refractivity contribution in [3.63, 3.8) is 0 Å². The molecule has 6 heterocycles. The third-order valence-electron chi connectivity index (χ3n) is 8.04. The van der Waals surface area contributed by atoms with Gasteiger partial charge in [0.2, 0.25) is 5.91 Å². The summed E-state index contributed by atoms with van der Waals surface area (Å²) in [7, 11) is 0. The first-order valence-corrected chi connectivity index (χ1v) is 14.4. The molecular weight excluding hydrogens is 551 g/mol. The van der Waals surface area contributed by atoms with Crippen molar-refractivity contribution in [2.45, 2.75) is 58.0 Å². The third kappa shape index (κ3) is 5.03. The summed E-state index contributed by atoms with van der Waals surface area (Å²) in [5.41, 5.74) is 2.13. The average molecular weight is 583 g/mol. The van der Waals surface area contributed by atoms with Gasteiger partial charge in [0.15, 0.2) is 11.5 Å². The molecule has 1 saturated heterocycles. The van der Waals surface area contributed by atoms with E-state index in [0.717, 1.165) is 18.4 Å². The largest absolute Gasteiger partial charge is 0.355 e. The maximum Gasteiger partial charge on any atom is 0.355 e. The van der Waals surface area contributed by atoms with Crippen LogP contribution in [-0.2, 0) is 17.8 Å². The first-order chi connectivity index (χ1) is 20.8. The molecule has 1 unspecified atom stereocenters. The summed E-state index contributed by atoms with van der Waals surface area (Å²) >= 11 is 0. The fourth-order valence-electron chi connectivity index (χ4n) is 5.96. The summed E-state index contributed by atoms with van der Waals surface area (Å²) in [6, 6.07) is 4.92. The molecule has 13 heteroatoms. The van der Waals surface area contributed by atoms with Crippen molar-refractivity contribution in [2.75, 3.05) is 24.5 Å². The van der Waals surface area contributed by atoms with Crippen molar-refractivity contribution in [3.8, 4) is 23.1 Å². The molecule has 4 bridgehead atoms. The highest BCUT2D eigenvalue weighted by Gasteiger charge is 2.32. The maximum atomic E-state index is 15.9. The van der Waals surface area contributed by atoms with Gasteiger partial charge in [0, 0.05) is 32.4 Å². The predicted octanol–water partition coefficient (Wildman–Crippen LogP) is 3.15. The number of anilines is 1. The van der Waals surface area contributed by atoms with Crippen LogP contribution >= 0.6 is 0 Å². The second-order valence-electron chi connectivity index (χ2n) is 11.1. The third-order valence-corrected chi connectivity index (χ3v) is 8.04. The smallest absolute Gasteiger partial charge is 0.352 e. The second kappa shape index (κ2) is 11.4. The lowest BCUT2D eigenvalue weighted by Crippen LogP contribution is -2.55. The van der Waals surface area contributed by atoms with Gasteiger partial charge in [-0.05, 0) is 49.0 Å². The zero-order valence-corrected chi connectivity index (χ0v) is 24.1. The number of piperazine rings is 1. The first kappa shape index (κ1) is 28.1. The molecule has 2 aliphatic heterocycles. The Bertz CT molecular complexity index is 1840. The van der Waals surface area contributed by atoms with Crippen LogP contribution in [0.1, 0.15) is 50.3 Å². The summed E-state index contributed by atoms with van der Waals surface area (Å²) < 4.78 is 19.0. The van der Waals surface area contributed by atoms with Gasteiger partial charge in [-0.2, -0.15) is 10.2 Å². The van der Waals surface area contributed by atoms with Gasteiger partial charge in [0.05, 0.1) is 41.5 Å². The number of carbonyl (C=O) groups excluding carboxylic acids is 1. The molecule has 0 radical (unpaired) electrons. The number of halogens is 1. The number of aromatic nitrogens is 7. The molecule has 1 fully saturated rings. The Morgan fingerprint density at radius 3 is 2.86 bits per heavy atom. The number of hydrogen-bond acceptors (Lipinski definition) is 9. The van der Waals surface area contributed by atoms with E-state index in [1.54, 1.807) is 22.0 Å². The van der Waals surface area contributed by atoms with Crippen molar-refractivity contribution in [1.29, 1.82) is 5.26 Å². The van der Waals surface area contributed by atoms with Crippen LogP contribution in [-0.4, -0.2) is 71.0 Å². The molecule has 0 N–H and O–H groups in total. The quantitative estimate of drug-likeness (QED) is 0.332. The molecule has 0 aliphatic carbocycles. The Morgan fingerprint density at radius 2 is 2.09 bits per heavy atom. The number of nitrogens with zero attached hydrogens (tertiary/aromatic N) is 10. The minimum Gasteiger partial charge on any atom is -0.352 e. The number of aryl methyl sites for hydroxylation is 2. The molecule has 6 rings (SSSR count). The number of fused-ring (bicyclic) bond motifs is 6. The van der Waals surface area contributed by atoms with Crippen molar-refractivity contribution in [3.05, 3.63) is 64.7 Å². The minimum absolute atomic E-state index is 0.0203. The zero-order chi connectivity index (χ0) is 30.2. The molecule has 0 saturated carbocycles.